The van der Waals surface area contributed by atoms with Crippen molar-refractivity contribution >= 4 is 17.6 Å². The maximum absolute atomic E-state index is 13.1. The average molecular weight is 426 g/mol. The van der Waals surface area contributed by atoms with Crippen molar-refractivity contribution in [1.29, 1.82) is 5.41 Å². The van der Waals surface area contributed by atoms with Gasteiger partial charge in [0.05, 0.1) is 0 Å². The maximum atomic E-state index is 13.1. The molecule has 162 valence electrons. The van der Waals surface area contributed by atoms with Crippen LogP contribution in [0.3, 0.4) is 0 Å². The van der Waals surface area contributed by atoms with Gasteiger partial charge in [-0.25, -0.2) is 0 Å². The van der Waals surface area contributed by atoms with Crippen molar-refractivity contribution < 1.29 is 18.4 Å². The molecule has 2 aromatic rings. The number of carbonyl (C=O) groups excluding carboxylic acids is 2. The number of piperidine rings is 1. The second-order valence-electron chi connectivity index (χ2n) is 8.10. The van der Waals surface area contributed by atoms with Crippen LogP contribution in [0.1, 0.15) is 46.3 Å². The van der Waals surface area contributed by atoms with Gasteiger partial charge in [-0.15, -0.1) is 0 Å². The number of rotatable bonds is 4. The van der Waals surface area contributed by atoms with Crippen LogP contribution < -0.4 is 10.6 Å². The normalized spacial score (nSPS) is 21.0. The fourth-order valence-corrected chi connectivity index (χ4v) is 4.32. The van der Waals surface area contributed by atoms with E-state index in [2.05, 4.69) is 17.4 Å². The van der Waals surface area contributed by atoms with Gasteiger partial charge in [0.15, 0.2) is 0 Å². The molecule has 6 nitrogen and oxygen atoms in total. The van der Waals surface area contributed by atoms with Gasteiger partial charge in [-0.2, -0.15) is 8.78 Å². The molecule has 0 radical (unpaired) electrons. The molecule has 1 fully saturated rings. The fraction of sp³-hybridized carbons (Fsp3) is 0.348. The molecule has 2 atom stereocenters. The lowest BCUT2D eigenvalue weighted by atomic mass is 9.86. The first-order valence-electron chi connectivity index (χ1n) is 10.2. The Labute approximate surface area is 179 Å². The number of carbonyl (C=O) groups is 2. The molecule has 0 saturated carbocycles. The molecule has 0 aromatic heterocycles. The number of fused-ring (bicyclic) bond motifs is 1. The highest BCUT2D eigenvalue weighted by Gasteiger charge is 2.39. The number of alkyl halides is 2. The molecular weight excluding hydrogens is 402 g/mol. The van der Waals surface area contributed by atoms with Gasteiger partial charge in [0, 0.05) is 43.1 Å². The summed E-state index contributed by atoms with van der Waals surface area (Å²) in [6.07, 6.45) is 0.823. The van der Waals surface area contributed by atoms with E-state index in [9.17, 15) is 18.4 Å². The van der Waals surface area contributed by atoms with E-state index in [-0.39, 0.29) is 23.4 Å². The van der Waals surface area contributed by atoms with E-state index in [1.165, 1.54) is 11.6 Å². The van der Waals surface area contributed by atoms with Crippen molar-refractivity contribution in [1.82, 2.24) is 15.5 Å². The van der Waals surface area contributed by atoms with E-state index in [0.717, 1.165) is 25.1 Å². The van der Waals surface area contributed by atoms with Gasteiger partial charge in [0.25, 0.3) is 11.8 Å². The van der Waals surface area contributed by atoms with Crippen molar-refractivity contribution in [3.8, 4) is 0 Å². The number of nitrogens with zero attached hydrogens (tertiary/aromatic N) is 1. The van der Waals surface area contributed by atoms with E-state index in [1.54, 1.807) is 12.1 Å². The van der Waals surface area contributed by atoms with E-state index in [4.69, 9.17) is 5.41 Å². The summed E-state index contributed by atoms with van der Waals surface area (Å²) in [6, 6.07) is 14.9. The molecule has 2 aromatic carbocycles. The van der Waals surface area contributed by atoms with Crippen LogP contribution in [0.15, 0.2) is 48.5 Å². The SMILES string of the molecule is CC(F)(F)C(=O)NC(=N)c1ccc2c(c1)CN(C1CCNCC1c1ccccc1)C2=O. The standard InChI is InChI=1S/C23H24F2N4O2/c1-23(24,25)22(31)28-20(26)15-7-8-17-16(11-15)13-29(21(17)30)19-9-10-27-12-18(19)14-5-3-2-4-6-14/h2-8,11,18-19,27H,9-10,12-13H2,1H3,(H2,26,28,31). The molecule has 1 saturated heterocycles. The van der Waals surface area contributed by atoms with Crippen LogP contribution >= 0.6 is 0 Å². The molecule has 3 N–H and O–H groups in total. The summed E-state index contributed by atoms with van der Waals surface area (Å²) in [7, 11) is 0. The largest absolute Gasteiger partial charge is 0.331 e. The van der Waals surface area contributed by atoms with Crippen LogP contribution in [-0.4, -0.2) is 47.6 Å². The van der Waals surface area contributed by atoms with Gasteiger partial charge in [0.2, 0.25) is 0 Å². The highest BCUT2D eigenvalue weighted by Crippen LogP contribution is 2.34. The minimum Gasteiger partial charge on any atom is -0.331 e. The van der Waals surface area contributed by atoms with Crippen molar-refractivity contribution in [3.63, 3.8) is 0 Å². The van der Waals surface area contributed by atoms with E-state index in [1.807, 2.05) is 28.4 Å². The second-order valence-corrected chi connectivity index (χ2v) is 8.10. The molecule has 2 aliphatic heterocycles. The Morgan fingerprint density at radius 3 is 2.68 bits per heavy atom. The zero-order valence-corrected chi connectivity index (χ0v) is 17.1. The molecule has 0 spiro atoms. The number of amidine groups is 1. The van der Waals surface area contributed by atoms with Crippen LogP contribution in [0.2, 0.25) is 0 Å². The van der Waals surface area contributed by atoms with Gasteiger partial charge < -0.3 is 15.5 Å². The highest BCUT2D eigenvalue weighted by molar-refractivity contribution is 6.08. The summed E-state index contributed by atoms with van der Waals surface area (Å²) < 4.78 is 26.3. The number of hydrogen-bond acceptors (Lipinski definition) is 4. The smallest absolute Gasteiger partial charge is 0.322 e. The van der Waals surface area contributed by atoms with Gasteiger partial charge in [-0.05, 0) is 36.2 Å². The third kappa shape index (κ3) is 4.20. The lowest BCUT2D eigenvalue weighted by Gasteiger charge is -2.38. The summed E-state index contributed by atoms with van der Waals surface area (Å²) in [6.45, 7) is 2.47. The molecule has 2 aliphatic rings. The zero-order chi connectivity index (χ0) is 22.2. The Balaban J connectivity index is 1.55. The van der Waals surface area contributed by atoms with E-state index >= 15 is 0 Å². The number of benzene rings is 2. The molecule has 4 rings (SSSR count). The predicted octanol–water partition coefficient (Wildman–Crippen LogP) is 2.88. The van der Waals surface area contributed by atoms with Crippen LogP contribution in [0, 0.1) is 5.41 Å². The summed E-state index contributed by atoms with van der Waals surface area (Å²) in [5.74, 6) is -5.42. The maximum Gasteiger partial charge on any atom is 0.322 e. The molecule has 2 unspecified atom stereocenters. The first kappa shape index (κ1) is 21.1. The number of halogens is 2. The third-order valence-electron chi connectivity index (χ3n) is 5.94. The van der Waals surface area contributed by atoms with Crippen molar-refractivity contribution in [2.75, 3.05) is 13.1 Å². The minimum atomic E-state index is -3.57. The van der Waals surface area contributed by atoms with E-state index in [0.29, 0.717) is 19.0 Å². The monoisotopic (exact) mass is 426 g/mol. The Morgan fingerprint density at radius 1 is 1.23 bits per heavy atom. The van der Waals surface area contributed by atoms with Gasteiger partial charge >= 0.3 is 5.92 Å². The highest BCUT2D eigenvalue weighted by atomic mass is 19.3. The van der Waals surface area contributed by atoms with E-state index < -0.39 is 17.7 Å². The zero-order valence-electron chi connectivity index (χ0n) is 17.1. The lowest BCUT2D eigenvalue weighted by molar-refractivity contribution is -0.141. The van der Waals surface area contributed by atoms with Crippen molar-refractivity contribution in [3.05, 3.63) is 70.8 Å². The average Bonchev–Trinajstić information content (AvgIpc) is 3.09. The molecule has 2 amide bonds. The van der Waals surface area contributed by atoms with Gasteiger partial charge in [-0.3, -0.25) is 15.0 Å². The lowest BCUT2D eigenvalue weighted by Crippen LogP contribution is -2.48. The first-order chi connectivity index (χ1) is 14.8. The number of amides is 2. The van der Waals surface area contributed by atoms with Crippen molar-refractivity contribution in [2.24, 2.45) is 0 Å². The van der Waals surface area contributed by atoms with Gasteiger partial charge in [-0.1, -0.05) is 36.4 Å². The predicted molar refractivity (Wildman–Crippen MR) is 112 cm³/mol. The topological polar surface area (TPSA) is 85.3 Å². The molecule has 0 aliphatic carbocycles. The Hall–Kier alpha value is -3.13. The number of nitrogens with one attached hydrogen (secondary N) is 3. The Kier molecular flexibility index (Phi) is 5.58. The van der Waals surface area contributed by atoms with Crippen LogP contribution in [0.25, 0.3) is 0 Å². The third-order valence-corrected chi connectivity index (χ3v) is 5.94. The Morgan fingerprint density at radius 2 is 1.97 bits per heavy atom. The van der Waals surface area contributed by atoms with Gasteiger partial charge in [0.1, 0.15) is 5.84 Å². The molecule has 2 heterocycles. The molecule has 31 heavy (non-hydrogen) atoms. The summed E-state index contributed by atoms with van der Waals surface area (Å²) in [5.41, 5.74) is 2.74. The van der Waals surface area contributed by atoms with Crippen LogP contribution in [-0.2, 0) is 11.3 Å². The second kappa shape index (κ2) is 8.19. The summed E-state index contributed by atoms with van der Waals surface area (Å²) in [5, 5.41) is 13.3. The summed E-state index contributed by atoms with van der Waals surface area (Å²) in [4.78, 5) is 26.5. The number of hydrogen-bond donors (Lipinski definition) is 3. The Bertz CT molecular complexity index is 1020. The van der Waals surface area contributed by atoms with Crippen molar-refractivity contribution in [2.45, 2.75) is 37.8 Å². The quantitative estimate of drug-likeness (QED) is 0.519. The summed E-state index contributed by atoms with van der Waals surface area (Å²) >= 11 is 0. The first-order valence-corrected chi connectivity index (χ1v) is 10.2. The van der Waals surface area contributed by atoms with Crippen LogP contribution in [0.5, 0.6) is 0 Å². The molecule has 0 bridgehead atoms. The minimum absolute atomic E-state index is 0.0323. The fourth-order valence-electron chi connectivity index (χ4n) is 4.32. The molecular formula is C23H24F2N4O2. The van der Waals surface area contributed by atoms with Crippen LogP contribution in [0.4, 0.5) is 8.78 Å². The molecule has 8 heteroatoms.